The summed E-state index contributed by atoms with van der Waals surface area (Å²) in [7, 11) is 0. The average molecular weight is 372 g/mol. The van der Waals surface area contributed by atoms with Gasteiger partial charge in [-0.1, -0.05) is 17.8 Å². The third kappa shape index (κ3) is 4.45. The molecule has 1 aromatic heterocycles. The summed E-state index contributed by atoms with van der Waals surface area (Å²) in [5.74, 6) is -0.546. The fraction of sp³-hybridized carbons (Fsp3) is 0.0588. The minimum atomic E-state index is -0.524. The van der Waals surface area contributed by atoms with Crippen molar-refractivity contribution in [3.8, 4) is 11.3 Å². The molecule has 0 aliphatic heterocycles. The molecule has 0 aliphatic rings. The Morgan fingerprint density at radius 2 is 2.04 bits per heavy atom. The Balaban J connectivity index is 1.57. The van der Waals surface area contributed by atoms with E-state index in [0.717, 1.165) is 5.56 Å². The molecule has 0 atom stereocenters. The van der Waals surface area contributed by atoms with Crippen molar-refractivity contribution < 1.29 is 14.1 Å². The molecule has 0 fully saturated rings. The first-order chi connectivity index (χ1) is 12.5. The van der Waals surface area contributed by atoms with Crippen LogP contribution in [0.15, 0.2) is 59.9 Å². The van der Waals surface area contributed by atoms with Gasteiger partial charge in [-0.15, -0.1) is 0 Å². The van der Waals surface area contributed by atoms with Gasteiger partial charge in [-0.25, -0.2) is 9.37 Å². The minimum absolute atomic E-state index is 0.0824. The summed E-state index contributed by atoms with van der Waals surface area (Å²) in [5.41, 5.74) is 1.76. The highest BCUT2D eigenvalue weighted by molar-refractivity contribution is 7.99. The first-order valence-corrected chi connectivity index (χ1v) is 8.48. The van der Waals surface area contributed by atoms with Crippen LogP contribution in [0, 0.1) is 15.9 Å². The monoisotopic (exact) mass is 372 g/mol. The zero-order valence-corrected chi connectivity index (χ0v) is 14.1. The van der Waals surface area contributed by atoms with Crippen LogP contribution in [0.2, 0.25) is 0 Å². The van der Waals surface area contributed by atoms with Gasteiger partial charge in [0, 0.05) is 17.8 Å². The van der Waals surface area contributed by atoms with Crippen molar-refractivity contribution in [3.05, 3.63) is 70.7 Å². The number of rotatable bonds is 6. The van der Waals surface area contributed by atoms with Gasteiger partial charge in [0.2, 0.25) is 5.91 Å². The molecule has 0 aliphatic carbocycles. The fourth-order valence-electron chi connectivity index (χ4n) is 2.18. The third-order valence-electron chi connectivity index (χ3n) is 3.39. The van der Waals surface area contributed by atoms with Crippen molar-refractivity contribution in [2.75, 3.05) is 11.1 Å². The normalized spacial score (nSPS) is 10.5. The SMILES string of the molecule is O=C(CSc1ncc(-c2ccc(F)cc2)[nH]1)Nc1cccc([N+](=O)[O-])c1. The standard InChI is InChI=1S/C17H13FN4O3S/c18-12-6-4-11(5-7-12)15-9-19-17(21-15)26-10-16(23)20-13-2-1-3-14(8-13)22(24)25/h1-9H,10H2,(H,19,21)(H,20,23). The number of amides is 1. The van der Waals surface area contributed by atoms with E-state index in [4.69, 9.17) is 0 Å². The summed E-state index contributed by atoms with van der Waals surface area (Å²) in [4.78, 5) is 29.4. The highest BCUT2D eigenvalue weighted by Crippen LogP contribution is 2.22. The van der Waals surface area contributed by atoms with E-state index in [9.17, 15) is 19.3 Å². The van der Waals surface area contributed by atoms with Crippen LogP contribution in [0.5, 0.6) is 0 Å². The van der Waals surface area contributed by atoms with Crippen LogP contribution in [0.4, 0.5) is 15.8 Å². The third-order valence-corrected chi connectivity index (χ3v) is 4.28. The molecule has 9 heteroatoms. The number of nitrogens with one attached hydrogen (secondary N) is 2. The molecule has 2 aromatic carbocycles. The predicted molar refractivity (Wildman–Crippen MR) is 96.4 cm³/mol. The van der Waals surface area contributed by atoms with Gasteiger partial charge in [-0.05, 0) is 35.9 Å². The molecule has 0 saturated carbocycles. The number of aromatic amines is 1. The molecule has 2 N–H and O–H groups in total. The highest BCUT2D eigenvalue weighted by atomic mass is 32.2. The van der Waals surface area contributed by atoms with Crippen LogP contribution in [-0.4, -0.2) is 26.6 Å². The Kier molecular flexibility index (Phi) is 5.28. The number of hydrogen-bond donors (Lipinski definition) is 2. The summed E-state index contributed by atoms with van der Waals surface area (Å²) in [5, 5.41) is 13.9. The summed E-state index contributed by atoms with van der Waals surface area (Å²) in [6.45, 7) is 0. The molecular formula is C17H13FN4O3S. The largest absolute Gasteiger partial charge is 0.333 e. The highest BCUT2D eigenvalue weighted by Gasteiger charge is 2.10. The second-order valence-corrected chi connectivity index (χ2v) is 6.22. The van der Waals surface area contributed by atoms with E-state index in [1.165, 1.54) is 42.1 Å². The minimum Gasteiger partial charge on any atom is -0.333 e. The van der Waals surface area contributed by atoms with Crippen LogP contribution < -0.4 is 5.32 Å². The molecule has 0 bridgehead atoms. The molecule has 0 saturated heterocycles. The number of H-pyrrole nitrogens is 1. The van der Waals surface area contributed by atoms with Crippen molar-refractivity contribution in [1.82, 2.24) is 9.97 Å². The van der Waals surface area contributed by atoms with Gasteiger partial charge >= 0.3 is 0 Å². The lowest BCUT2D eigenvalue weighted by molar-refractivity contribution is -0.384. The van der Waals surface area contributed by atoms with Crippen molar-refractivity contribution in [2.24, 2.45) is 0 Å². The van der Waals surface area contributed by atoms with Crippen molar-refractivity contribution in [3.63, 3.8) is 0 Å². The van der Waals surface area contributed by atoms with Crippen molar-refractivity contribution in [1.29, 1.82) is 0 Å². The van der Waals surface area contributed by atoms with E-state index in [1.807, 2.05) is 0 Å². The zero-order valence-electron chi connectivity index (χ0n) is 13.3. The van der Waals surface area contributed by atoms with Crippen LogP contribution in [0.25, 0.3) is 11.3 Å². The molecule has 1 amide bonds. The zero-order chi connectivity index (χ0) is 18.5. The molecule has 0 unspecified atom stereocenters. The Bertz CT molecular complexity index is 943. The molecule has 7 nitrogen and oxygen atoms in total. The van der Waals surface area contributed by atoms with Gasteiger partial charge < -0.3 is 10.3 Å². The van der Waals surface area contributed by atoms with E-state index < -0.39 is 4.92 Å². The second-order valence-electron chi connectivity index (χ2n) is 5.25. The number of nitro groups is 1. The first kappa shape index (κ1) is 17.6. The predicted octanol–water partition coefficient (Wildman–Crippen LogP) is 3.85. The number of anilines is 1. The molecular weight excluding hydrogens is 359 g/mol. The van der Waals surface area contributed by atoms with Gasteiger partial charge in [0.1, 0.15) is 5.82 Å². The molecule has 3 rings (SSSR count). The van der Waals surface area contributed by atoms with E-state index >= 15 is 0 Å². The van der Waals surface area contributed by atoms with Gasteiger partial charge in [-0.3, -0.25) is 14.9 Å². The topological polar surface area (TPSA) is 101 Å². The average Bonchev–Trinajstić information content (AvgIpc) is 3.10. The number of imidazole rings is 1. The summed E-state index contributed by atoms with van der Waals surface area (Å²) in [6, 6.07) is 11.7. The number of carbonyl (C=O) groups excluding carboxylic acids is 1. The van der Waals surface area contributed by atoms with E-state index in [1.54, 1.807) is 24.4 Å². The second kappa shape index (κ2) is 7.79. The lowest BCUT2D eigenvalue weighted by atomic mass is 10.2. The maximum Gasteiger partial charge on any atom is 0.271 e. The fourth-order valence-corrected chi connectivity index (χ4v) is 2.83. The Hall–Kier alpha value is -3.20. The molecule has 0 spiro atoms. The van der Waals surface area contributed by atoms with E-state index in [2.05, 4.69) is 15.3 Å². The van der Waals surface area contributed by atoms with Crippen molar-refractivity contribution in [2.45, 2.75) is 5.16 Å². The lowest BCUT2D eigenvalue weighted by Crippen LogP contribution is -2.14. The van der Waals surface area contributed by atoms with E-state index in [-0.39, 0.29) is 23.2 Å². The number of non-ortho nitro benzene ring substituents is 1. The first-order valence-electron chi connectivity index (χ1n) is 7.49. The van der Waals surface area contributed by atoms with E-state index in [0.29, 0.717) is 16.5 Å². The number of nitrogens with zero attached hydrogens (tertiary/aromatic N) is 2. The molecule has 1 heterocycles. The number of thioether (sulfide) groups is 1. The van der Waals surface area contributed by atoms with Crippen LogP contribution in [0.1, 0.15) is 0 Å². The van der Waals surface area contributed by atoms with Crippen molar-refractivity contribution >= 4 is 29.0 Å². The maximum atomic E-state index is 13.0. The van der Waals surface area contributed by atoms with Gasteiger partial charge in [0.15, 0.2) is 5.16 Å². The van der Waals surface area contributed by atoms with Crippen LogP contribution in [0.3, 0.4) is 0 Å². The number of halogens is 1. The molecule has 26 heavy (non-hydrogen) atoms. The van der Waals surface area contributed by atoms with Gasteiger partial charge in [-0.2, -0.15) is 0 Å². The van der Waals surface area contributed by atoms with Crippen LogP contribution in [-0.2, 0) is 4.79 Å². The van der Waals surface area contributed by atoms with Crippen LogP contribution >= 0.6 is 11.8 Å². The quantitative estimate of drug-likeness (QED) is 0.389. The number of hydrogen-bond acceptors (Lipinski definition) is 5. The Morgan fingerprint density at radius 3 is 2.77 bits per heavy atom. The summed E-state index contributed by atoms with van der Waals surface area (Å²) >= 11 is 1.19. The maximum absolute atomic E-state index is 13.0. The number of nitro benzene ring substituents is 1. The summed E-state index contributed by atoms with van der Waals surface area (Å²) < 4.78 is 13.0. The Labute approximate surface area is 151 Å². The smallest absolute Gasteiger partial charge is 0.271 e. The molecule has 3 aromatic rings. The Morgan fingerprint density at radius 1 is 1.27 bits per heavy atom. The van der Waals surface area contributed by atoms with Gasteiger partial charge in [0.05, 0.1) is 22.6 Å². The van der Waals surface area contributed by atoms with Gasteiger partial charge in [0.25, 0.3) is 5.69 Å². The lowest BCUT2D eigenvalue weighted by Gasteiger charge is -2.04. The molecule has 0 radical (unpaired) electrons. The number of benzene rings is 2. The summed E-state index contributed by atoms with van der Waals surface area (Å²) in [6.07, 6.45) is 1.61. The molecule has 132 valence electrons. The number of aromatic nitrogens is 2. The number of carbonyl (C=O) groups is 1.